The van der Waals surface area contributed by atoms with Crippen LogP contribution in [0.2, 0.25) is 0 Å². The number of hydrogen-bond acceptors (Lipinski definition) is 4. The molecule has 0 radical (unpaired) electrons. The normalized spacial score (nSPS) is 12.0. The predicted octanol–water partition coefficient (Wildman–Crippen LogP) is 5.58. The maximum absolute atomic E-state index is 4.73. The van der Waals surface area contributed by atoms with Gasteiger partial charge < -0.3 is 0 Å². The standard InChI is InChI=1S/C19H17BrN4S/c1-19(2,3)13-10-8-12(9-11-13)16-21-22-18-24(16)23-17(25-18)14-6-4-5-7-15(14)20/h4-11H,1-3H3. The Morgan fingerprint density at radius 3 is 2.36 bits per heavy atom. The Balaban J connectivity index is 1.78. The SMILES string of the molecule is CC(C)(C)c1ccc(-c2nnc3sc(-c4ccccc4Br)nn23)cc1. The summed E-state index contributed by atoms with van der Waals surface area (Å²) in [5.41, 5.74) is 3.51. The second-order valence-corrected chi connectivity index (χ2v) is 8.74. The van der Waals surface area contributed by atoms with Gasteiger partial charge in [-0.05, 0) is 17.0 Å². The molecule has 0 saturated heterocycles. The van der Waals surface area contributed by atoms with Gasteiger partial charge in [-0.2, -0.15) is 9.61 Å². The lowest BCUT2D eigenvalue weighted by Gasteiger charge is -2.18. The summed E-state index contributed by atoms with van der Waals surface area (Å²) < 4.78 is 2.85. The molecule has 6 heteroatoms. The van der Waals surface area contributed by atoms with Crippen molar-refractivity contribution in [2.24, 2.45) is 0 Å². The van der Waals surface area contributed by atoms with Gasteiger partial charge in [-0.3, -0.25) is 0 Å². The van der Waals surface area contributed by atoms with Gasteiger partial charge in [0.15, 0.2) is 5.82 Å². The second-order valence-electron chi connectivity index (χ2n) is 6.93. The zero-order valence-electron chi connectivity index (χ0n) is 14.2. The fraction of sp³-hybridized carbons (Fsp3) is 0.211. The smallest absolute Gasteiger partial charge is 0.182 e. The Bertz CT molecular complexity index is 1040. The molecule has 0 aliphatic rings. The maximum Gasteiger partial charge on any atom is 0.235 e. The van der Waals surface area contributed by atoms with E-state index >= 15 is 0 Å². The van der Waals surface area contributed by atoms with Gasteiger partial charge in [0.25, 0.3) is 0 Å². The van der Waals surface area contributed by atoms with Crippen LogP contribution in [0.1, 0.15) is 26.3 Å². The van der Waals surface area contributed by atoms with E-state index in [1.165, 1.54) is 16.9 Å². The van der Waals surface area contributed by atoms with Gasteiger partial charge in [0.05, 0.1) is 0 Å². The first-order valence-corrected chi connectivity index (χ1v) is 9.62. The van der Waals surface area contributed by atoms with E-state index in [0.717, 1.165) is 31.4 Å². The van der Waals surface area contributed by atoms with Gasteiger partial charge >= 0.3 is 0 Å². The minimum atomic E-state index is 0.131. The van der Waals surface area contributed by atoms with Gasteiger partial charge in [-0.1, -0.05) is 90.5 Å². The van der Waals surface area contributed by atoms with Crippen LogP contribution in [0.15, 0.2) is 53.0 Å². The van der Waals surface area contributed by atoms with Crippen LogP contribution in [0.25, 0.3) is 26.9 Å². The van der Waals surface area contributed by atoms with Crippen LogP contribution in [0.4, 0.5) is 0 Å². The molecule has 0 aliphatic heterocycles. The van der Waals surface area contributed by atoms with Crippen molar-refractivity contribution in [3.8, 4) is 22.0 Å². The molecule has 0 saturated carbocycles. The molecule has 0 aliphatic carbocycles. The largest absolute Gasteiger partial charge is 0.235 e. The summed E-state index contributed by atoms with van der Waals surface area (Å²) in [6, 6.07) is 16.6. The number of halogens is 1. The third-order valence-electron chi connectivity index (χ3n) is 4.10. The summed E-state index contributed by atoms with van der Waals surface area (Å²) >= 11 is 5.13. The summed E-state index contributed by atoms with van der Waals surface area (Å²) in [6.07, 6.45) is 0. The van der Waals surface area contributed by atoms with Crippen molar-refractivity contribution in [3.63, 3.8) is 0 Å². The monoisotopic (exact) mass is 412 g/mol. The highest BCUT2D eigenvalue weighted by molar-refractivity contribution is 9.10. The number of nitrogens with zero attached hydrogens (tertiary/aromatic N) is 4. The summed E-state index contributed by atoms with van der Waals surface area (Å²) in [5.74, 6) is 0.769. The molecule has 0 atom stereocenters. The number of fused-ring (bicyclic) bond motifs is 1. The average Bonchev–Trinajstić information content (AvgIpc) is 3.15. The molecule has 0 unspecified atom stereocenters. The molecular formula is C19H17BrN4S. The zero-order valence-corrected chi connectivity index (χ0v) is 16.6. The maximum atomic E-state index is 4.73. The fourth-order valence-electron chi connectivity index (χ4n) is 2.66. The molecule has 0 bridgehead atoms. The van der Waals surface area contributed by atoms with E-state index in [-0.39, 0.29) is 5.41 Å². The Hall–Kier alpha value is -2.05. The van der Waals surface area contributed by atoms with Crippen molar-refractivity contribution in [2.75, 3.05) is 0 Å². The first-order valence-electron chi connectivity index (χ1n) is 8.01. The first-order chi connectivity index (χ1) is 11.9. The molecule has 4 rings (SSSR count). The van der Waals surface area contributed by atoms with Crippen LogP contribution >= 0.6 is 27.3 Å². The Morgan fingerprint density at radius 2 is 1.68 bits per heavy atom. The molecule has 2 aromatic carbocycles. The number of hydrogen-bond donors (Lipinski definition) is 0. The van der Waals surface area contributed by atoms with Gasteiger partial charge in [-0.25, -0.2) is 0 Å². The van der Waals surface area contributed by atoms with Crippen molar-refractivity contribution >= 4 is 32.2 Å². The fourth-order valence-corrected chi connectivity index (χ4v) is 4.14. The van der Waals surface area contributed by atoms with E-state index in [1.54, 1.807) is 0 Å². The quantitative estimate of drug-likeness (QED) is 0.431. The molecule has 4 nitrogen and oxygen atoms in total. The summed E-state index contributed by atoms with van der Waals surface area (Å²) in [6.45, 7) is 6.63. The van der Waals surface area contributed by atoms with Gasteiger partial charge in [0.1, 0.15) is 5.01 Å². The summed E-state index contributed by atoms with van der Waals surface area (Å²) in [7, 11) is 0. The minimum absolute atomic E-state index is 0.131. The topological polar surface area (TPSA) is 43.1 Å². The highest BCUT2D eigenvalue weighted by Gasteiger charge is 2.17. The average molecular weight is 413 g/mol. The van der Waals surface area contributed by atoms with Crippen LogP contribution in [-0.2, 0) is 5.41 Å². The molecule has 0 amide bonds. The Labute approximate surface area is 158 Å². The van der Waals surface area contributed by atoms with Crippen LogP contribution in [0.5, 0.6) is 0 Å². The highest BCUT2D eigenvalue weighted by Crippen LogP contribution is 2.33. The van der Waals surface area contributed by atoms with Crippen LogP contribution in [0.3, 0.4) is 0 Å². The lowest BCUT2D eigenvalue weighted by atomic mass is 9.87. The second kappa shape index (κ2) is 6.04. The Kier molecular flexibility index (Phi) is 3.96. The lowest BCUT2D eigenvalue weighted by Crippen LogP contribution is -2.10. The highest BCUT2D eigenvalue weighted by atomic mass is 79.9. The van der Waals surface area contributed by atoms with Crippen molar-refractivity contribution < 1.29 is 0 Å². The first kappa shape index (κ1) is 16.4. The van der Waals surface area contributed by atoms with Crippen molar-refractivity contribution in [1.82, 2.24) is 19.8 Å². The number of rotatable bonds is 2. The van der Waals surface area contributed by atoms with Crippen molar-refractivity contribution in [1.29, 1.82) is 0 Å². The van der Waals surface area contributed by atoms with Gasteiger partial charge in [0, 0.05) is 15.6 Å². The zero-order chi connectivity index (χ0) is 17.6. The van der Waals surface area contributed by atoms with Crippen molar-refractivity contribution in [2.45, 2.75) is 26.2 Å². The van der Waals surface area contributed by atoms with E-state index in [0.29, 0.717) is 0 Å². The summed E-state index contributed by atoms with van der Waals surface area (Å²) in [4.78, 5) is 0.792. The van der Waals surface area contributed by atoms with Gasteiger partial charge in [-0.15, -0.1) is 10.2 Å². The van der Waals surface area contributed by atoms with Crippen molar-refractivity contribution in [3.05, 3.63) is 58.6 Å². The minimum Gasteiger partial charge on any atom is -0.182 e. The predicted molar refractivity (Wildman–Crippen MR) is 106 cm³/mol. The van der Waals surface area contributed by atoms with E-state index in [4.69, 9.17) is 5.10 Å². The molecule has 25 heavy (non-hydrogen) atoms. The number of benzene rings is 2. The van der Waals surface area contributed by atoms with E-state index in [1.807, 2.05) is 28.8 Å². The van der Waals surface area contributed by atoms with E-state index in [9.17, 15) is 0 Å². The Morgan fingerprint density at radius 1 is 0.960 bits per heavy atom. The lowest BCUT2D eigenvalue weighted by molar-refractivity contribution is 0.590. The van der Waals surface area contributed by atoms with Crippen LogP contribution in [-0.4, -0.2) is 19.8 Å². The molecular weight excluding hydrogens is 396 g/mol. The molecule has 0 spiro atoms. The van der Waals surface area contributed by atoms with Crippen LogP contribution < -0.4 is 0 Å². The summed E-state index contributed by atoms with van der Waals surface area (Å²) in [5, 5.41) is 14.3. The van der Waals surface area contributed by atoms with Crippen LogP contribution in [0, 0.1) is 0 Å². The molecule has 2 aromatic heterocycles. The third-order valence-corrected chi connectivity index (χ3v) is 5.73. The van der Waals surface area contributed by atoms with Gasteiger partial charge in [0.2, 0.25) is 4.96 Å². The van der Waals surface area contributed by atoms with E-state index in [2.05, 4.69) is 71.2 Å². The molecule has 126 valence electrons. The molecule has 2 heterocycles. The third kappa shape index (κ3) is 3.00. The van der Waals surface area contributed by atoms with E-state index < -0.39 is 0 Å². The molecule has 4 aromatic rings. The number of aromatic nitrogens is 4. The molecule has 0 N–H and O–H groups in total. The molecule has 0 fully saturated rings.